The van der Waals surface area contributed by atoms with Crippen LogP contribution < -0.4 is 4.90 Å². The van der Waals surface area contributed by atoms with Crippen LogP contribution in [0.4, 0.5) is 14.5 Å². The fourth-order valence-electron chi connectivity index (χ4n) is 3.31. The number of pyridine rings is 1. The highest BCUT2D eigenvalue weighted by Gasteiger charge is 2.29. The Hall–Kier alpha value is -2.58. The van der Waals surface area contributed by atoms with E-state index >= 15 is 0 Å². The molecule has 140 valence electrons. The molecule has 8 heteroatoms. The molecule has 0 aliphatic carbocycles. The van der Waals surface area contributed by atoms with Crippen molar-refractivity contribution in [1.82, 2.24) is 9.29 Å². The maximum atomic E-state index is 13.4. The second-order valence-electron chi connectivity index (χ2n) is 6.35. The van der Waals surface area contributed by atoms with E-state index in [9.17, 15) is 17.2 Å². The molecule has 1 aliphatic rings. The number of benzene rings is 2. The van der Waals surface area contributed by atoms with Gasteiger partial charge in [-0.1, -0.05) is 24.3 Å². The predicted molar refractivity (Wildman–Crippen MR) is 99.1 cm³/mol. The molecule has 4 rings (SSSR count). The number of halogens is 2. The first kappa shape index (κ1) is 17.8. The third-order valence-electron chi connectivity index (χ3n) is 4.76. The van der Waals surface area contributed by atoms with Crippen LogP contribution in [0, 0.1) is 11.6 Å². The van der Waals surface area contributed by atoms with Gasteiger partial charge in [0.1, 0.15) is 0 Å². The lowest BCUT2D eigenvalue weighted by Crippen LogP contribution is -2.48. The molecule has 0 spiro atoms. The van der Waals surface area contributed by atoms with Crippen molar-refractivity contribution in [2.45, 2.75) is 4.90 Å². The summed E-state index contributed by atoms with van der Waals surface area (Å²) in [5.41, 5.74) is 0.956. The molecule has 0 saturated carbocycles. The first-order valence-electron chi connectivity index (χ1n) is 8.50. The van der Waals surface area contributed by atoms with Crippen LogP contribution in [0.25, 0.3) is 10.8 Å². The highest BCUT2D eigenvalue weighted by atomic mass is 32.2. The molecule has 0 radical (unpaired) electrons. The first-order chi connectivity index (χ1) is 13.0. The molecule has 1 fully saturated rings. The Balaban J connectivity index is 1.55. The first-order valence-corrected chi connectivity index (χ1v) is 9.94. The Kier molecular flexibility index (Phi) is 4.53. The van der Waals surface area contributed by atoms with Crippen molar-refractivity contribution >= 4 is 26.5 Å². The summed E-state index contributed by atoms with van der Waals surface area (Å²) in [6, 6.07) is 10.5. The number of nitrogens with zero attached hydrogens (tertiary/aromatic N) is 3. The Morgan fingerprint density at radius 2 is 1.63 bits per heavy atom. The molecule has 1 aliphatic heterocycles. The van der Waals surface area contributed by atoms with E-state index in [4.69, 9.17) is 0 Å². The van der Waals surface area contributed by atoms with Gasteiger partial charge in [0.05, 0.1) is 16.8 Å². The van der Waals surface area contributed by atoms with Crippen LogP contribution in [0.5, 0.6) is 0 Å². The maximum absolute atomic E-state index is 13.4. The minimum absolute atomic E-state index is 0.235. The van der Waals surface area contributed by atoms with Crippen molar-refractivity contribution in [1.29, 1.82) is 0 Å². The van der Waals surface area contributed by atoms with Gasteiger partial charge in [0.15, 0.2) is 11.6 Å². The number of aromatic nitrogens is 1. The van der Waals surface area contributed by atoms with E-state index in [1.807, 2.05) is 24.3 Å². The van der Waals surface area contributed by atoms with Gasteiger partial charge in [-0.3, -0.25) is 4.98 Å². The summed E-state index contributed by atoms with van der Waals surface area (Å²) in [6.45, 7) is 1.48. The molecule has 5 nitrogen and oxygen atoms in total. The molecule has 0 bridgehead atoms. The van der Waals surface area contributed by atoms with Crippen LogP contribution >= 0.6 is 0 Å². The Morgan fingerprint density at radius 1 is 0.889 bits per heavy atom. The zero-order valence-electron chi connectivity index (χ0n) is 14.3. The average Bonchev–Trinajstić information content (AvgIpc) is 2.69. The number of piperazine rings is 1. The van der Waals surface area contributed by atoms with Gasteiger partial charge in [0.2, 0.25) is 10.0 Å². The summed E-state index contributed by atoms with van der Waals surface area (Å²) >= 11 is 0. The summed E-state index contributed by atoms with van der Waals surface area (Å²) in [4.78, 5) is 6.13. The normalized spacial score (nSPS) is 16.0. The summed E-state index contributed by atoms with van der Waals surface area (Å²) < 4.78 is 53.3. The molecule has 1 aromatic heterocycles. The van der Waals surface area contributed by atoms with E-state index in [0.29, 0.717) is 13.1 Å². The highest BCUT2D eigenvalue weighted by molar-refractivity contribution is 7.89. The summed E-state index contributed by atoms with van der Waals surface area (Å²) in [7, 11) is -3.87. The fraction of sp³-hybridized carbons (Fsp3) is 0.211. The number of hydrogen-bond donors (Lipinski definition) is 0. The largest absolute Gasteiger partial charge is 0.367 e. The number of rotatable bonds is 3. The molecule has 0 amide bonds. The molecule has 1 saturated heterocycles. The smallest absolute Gasteiger partial charge is 0.243 e. The number of hydrogen-bond acceptors (Lipinski definition) is 4. The summed E-state index contributed by atoms with van der Waals surface area (Å²) in [5.74, 6) is -2.24. The average molecular weight is 389 g/mol. The SMILES string of the molecule is O=S(=O)(c1ccc(F)c(F)c1)N1CCN(c2cncc3ccccc23)CC1. The molecular weight excluding hydrogens is 372 g/mol. The molecule has 0 unspecified atom stereocenters. The van der Waals surface area contributed by atoms with E-state index in [2.05, 4.69) is 9.88 Å². The third-order valence-corrected chi connectivity index (χ3v) is 6.65. The van der Waals surface area contributed by atoms with Crippen molar-refractivity contribution in [2.75, 3.05) is 31.1 Å². The monoisotopic (exact) mass is 389 g/mol. The minimum Gasteiger partial charge on any atom is -0.367 e. The lowest BCUT2D eigenvalue weighted by atomic mass is 10.1. The molecule has 3 aromatic rings. The Morgan fingerprint density at radius 3 is 2.37 bits per heavy atom. The van der Waals surface area contributed by atoms with Gasteiger partial charge in [-0.15, -0.1) is 0 Å². The van der Waals surface area contributed by atoms with E-state index in [-0.39, 0.29) is 18.0 Å². The van der Waals surface area contributed by atoms with Gasteiger partial charge in [-0.2, -0.15) is 4.31 Å². The van der Waals surface area contributed by atoms with Crippen molar-refractivity contribution in [3.05, 3.63) is 66.5 Å². The van der Waals surface area contributed by atoms with Gasteiger partial charge < -0.3 is 4.90 Å². The van der Waals surface area contributed by atoms with Crippen molar-refractivity contribution in [3.8, 4) is 0 Å². The van der Waals surface area contributed by atoms with Crippen LogP contribution in [0.1, 0.15) is 0 Å². The lowest BCUT2D eigenvalue weighted by molar-refractivity contribution is 0.384. The predicted octanol–water partition coefficient (Wildman–Crippen LogP) is 3.02. The molecule has 0 atom stereocenters. The van der Waals surface area contributed by atoms with Crippen LogP contribution in [-0.2, 0) is 10.0 Å². The second kappa shape index (κ2) is 6.86. The maximum Gasteiger partial charge on any atom is 0.243 e. The van der Waals surface area contributed by atoms with Crippen molar-refractivity contribution in [2.24, 2.45) is 0 Å². The van der Waals surface area contributed by atoms with Gasteiger partial charge in [-0.25, -0.2) is 17.2 Å². The van der Waals surface area contributed by atoms with Crippen LogP contribution in [0.2, 0.25) is 0 Å². The van der Waals surface area contributed by atoms with E-state index in [0.717, 1.165) is 34.7 Å². The van der Waals surface area contributed by atoms with Crippen LogP contribution in [0.3, 0.4) is 0 Å². The van der Waals surface area contributed by atoms with E-state index in [1.165, 1.54) is 4.31 Å². The lowest BCUT2D eigenvalue weighted by Gasteiger charge is -2.35. The minimum atomic E-state index is -3.87. The molecule has 0 N–H and O–H groups in total. The van der Waals surface area contributed by atoms with Gasteiger partial charge >= 0.3 is 0 Å². The summed E-state index contributed by atoms with van der Waals surface area (Å²) in [6.07, 6.45) is 3.57. The summed E-state index contributed by atoms with van der Waals surface area (Å²) in [5, 5.41) is 2.08. The topological polar surface area (TPSA) is 53.5 Å². The van der Waals surface area contributed by atoms with Crippen molar-refractivity contribution < 1.29 is 17.2 Å². The molecular formula is C19H17F2N3O2S. The Bertz CT molecular complexity index is 1090. The van der Waals surface area contributed by atoms with Gasteiger partial charge in [0.25, 0.3) is 0 Å². The molecule has 2 aromatic carbocycles. The highest BCUT2D eigenvalue weighted by Crippen LogP contribution is 2.27. The van der Waals surface area contributed by atoms with Crippen molar-refractivity contribution in [3.63, 3.8) is 0 Å². The zero-order chi connectivity index (χ0) is 19.0. The fourth-order valence-corrected chi connectivity index (χ4v) is 4.74. The number of anilines is 1. The zero-order valence-corrected chi connectivity index (χ0v) is 15.2. The molecule has 2 heterocycles. The Labute approximate surface area is 155 Å². The number of sulfonamides is 1. The quantitative estimate of drug-likeness (QED) is 0.691. The van der Waals surface area contributed by atoms with Gasteiger partial charge in [0, 0.05) is 43.1 Å². The standard InChI is InChI=1S/C19H17F2N3O2S/c20-17-6-5-15(11-18(17)21)27(25,26)24-9-7-23(8-10-24)19-13-22-12-14-3-1-2-4-16(14)19/h1-6,11-13H,7-10H2. The second-order valence-corrected chi connectivity index (χ2v) is 8.28. The van der Waals surface area contributed by atoms with E-state index < -0.39 is 21.7 Å². The molecule has 27 heavy (non-hydrogen) atoms. The van der Waals surface area contributed by atoms with Crippen LogP contribution in [0.15, 0.2) is 59.8 Å². The van der Waals surface area contributed by atoms with E-state index in [1.54, 1.807) is 12.4 Å². The number of fused-ring (bicyclic) bond motifs is 1. The van der Waals surface area contributed by atoms with Crippen LogP contribution in [-0.4, -0.2) is 43.9 Å². The third kappa shape index (κ3) is 3.26. The van der Waals surface area contributed by atoms with Gasteiger partial charge in [-0.05, 0) is 18.2 Å².